The van der Waals surface area contributed by atoms with Crippen molar-refractivity contribution in [3.63, 3.8) is 0 Å². The normalized spacial score (nSPS) is 8.69. The second-order valence-electron chi connectivity index (χ2n) is 2.18. The van der Waals surface area contributed by atoms with Crippen LogP contribution in [0.2, 0.25) is 0 Å². The van der Waals surface area contributed by atoms with Crippen molar-refractivity contribution >= 4 is 23.8 Å². The summed E-state index contributed by atoms with van der Waals surface area (Å²) >= 11 is 0. The first-order chi connectivity index (χ1) is 5.74. The van der Waals surface area contributed by atoms with Crippen molar-refractivity contribution in [3.05, 3.63) is 34.4 Å². The summed E-state index contributed by atoms with van der Waals surface area (Å²) in [4.78, 5) is 9.81. The van der Waals surface area contributed by atoms with E-state index in [0.29, 0.717) is 0 Å². The number of nitro groups is 1. The molecule has 0 aliphatic rings. The minimum atomic E-state index is -0.427. The standard InChI is InChI=1S/C7H9N3O2.ClH/c1-8-9-6-2-4-7(5-3-6)10(11)12;/h2-5,8-9H,1H3;1H. The fourth-order valence-corrected chi connectivity index (χ4v) is 0.811. The molecule has 0 amide bonds. The number of halogens is 1. The molecule has 0 unspecified atom stereocenters. The summed E-state index contributed by atoms with van der Waals surface area (Å²) in [5.41, 5.74) is 6.40. The Kier molecular flexibility index (Phi) is 4.79. The highest BCUT2D eigenvalue weighted by atomic mass is 35.5. The molecule has 13 heavy (non-hydrogen) atoms. The average molecular weight is 204 g/mol. The molecule has 1 rings (SSSR count). The monoisotopic (exact) mass is 203 g/mol. The molecule has 0 aromatic heterocycles. The Hall–Kier alpha value is -1.33. The van der Waals surface area contributed by atoms with Crippen molar-refractivity contribution in [2.24, 2.45) is 0 Å². The van der Waals surface area contributed by atoms with Gasteiger partial charge in [0.2, 0.25) is 0 Å². The lowest BCUT2D eigenvalue weighted by Gasteiger charge is -2.01. The first kappa shape index (κ1) is 11.7. The van der Waals surface area contributed by atoms with Gasteiger partial charge in [0, 0.05) is 24.9 Å². The third-order valence-corrected chi connectivity index (χ3v) is 1.35. The van der Waals surface area contributed by atoms with E-state index in [2.05, 4.69) is 10.9 Å². The van der Waals surface area contributed by atoms with Crippen LogP contribution in [0.3, 0.4) is 0 Å². The summed E-state index contributed by atoms with van der Waals surface area (Å²) in [6, 6.07) is 6.16. The highest BCUT2D eigenvalue weighted by molar-refractivity contribution is 5.85. The van der Waals surface area contributed by atoms with Crippen molar-refractivity contribution in [3.8, 4) is 0 Å². The van der Waals surface area contributed by atoms with E-state index in [1.807, 2.05) is 0 Å². The Balaban J connectivity index is 0.00000144. The fourth-order valence-electron chi connectivity index (χ4n) is 0.811. The Labute approximate surface area is 81.7 Å². The molecule has 0 aliphatic heterocycles. The van der Waals surface area contributed by atoms with Crippen molar-refractivity contribution in [1.82, 2.24) is 5.43 Å². The van der Waals surface area contributed by atoms with E-state index in [4.69, 9.17) is 0 Å². The van der Waals surface area contributed by atoms with Gasteiger partial charge < -0.3 is 5.43 Å². The molecule has 0 bridgehead atoms. The lowest BCUT2D eigenvalue weighted by atomic mass is 10.3. The molecule has 1 aromatic rings. The summed E-state index contributed by atoms with van der Waals surface area (Å²) in [5.74, 6) is 0. The van der Waals surface area contributed by atoms with Crippen molar-refractivity contribution in [2.75, 3.05) is 12.5 Å². The fraction of sp³-hybridized carbons (Fsp3) is 0.143. The largest absolute Gasteiger partial charge is 0.322 e. The summed E-state index contributed by atoms with van der Waals surface area (Å²) in [7, 11) is 1.72. The minimum Gasteiger partial charge on any atom is -0.322 e. The summed E-state index contributed by atoms with van der Waals surface area (Å²) in [5, 5.41) is 10.2. The van der Waals surface area contributed by atoms with E-state index >= 15 is 0 Å². The van der Waals surface area contributed by atoms with Gasteiger partial charge in [-0.15, -0.1) is 12.4 Å². The number of anilines is 1. The molecule has 0 fully saturated rings. The maximum atomic E-state index is 10.2. The van der Waals surface area contributed by atoms with Crippen LogP contribution in [0.5, 0.6) is 0 Å². The summed E-state index contributed by atoms with van der Waals surface area (Å²) < 4.78 is 0. The molecule has 0 saturated heterocycles. The zero-order valence-corrected chi connectivity index (χ0v) is 7.80. The van der Waals surface area contributed by atoms with E-state index in [1.54, 1.807) is 19.2 Å². The van der Waals surface area contributed by atoms with Crippen LogP contribution < -0.4 is 10.9 Å². The van der Waals surface area contributed by atoms with Gasteiger partial charge >= 0.3 is 0 Å². The molecule has 72 valence electrons. The second-order valence-corrected chi connectivity index (χ2v) is 2.18. The topological polar surface area (TPSA) is 67.2 Å². The number of hydrogen-bond acceptors (Lipinski definition) is 4. The smallest absolute Gasteiger partial charge is 0.269 e. The Bertz CT molecular complexity index is 276. The Morgan fingerprint density at radius 3 is 2.23 bits per heavy atom. The number of rotatable bonds is 3. The molecule has 5 nitrogen and oxygen atoms in total. The Morgan fingerprint density at radius 2 is 1.85 bits per heavy atom. The van der Waals surface area contributed by atoms with Crippen LogP contribution in [-0.4, -0.2) is 12.0 Å². The van der Waals surface area contributed by atoms with Gasteiger partial charge in [-0.05, 0) is 12.1 Å². The first-order valence-electron chi connectivity index (χ1n) is 3.41. The van der Waals surface area contributed by atoms with E-state index in [-0.39, 0.29) is 18.1 Å². The van der Waals surface area contributed by atoms with Gasteiger partial charge in [-0.2, -0.15) is 0 Å². The number of nitro benzene ring substituents is 1. The summed E-state index contributed by atoms with van der Waals surface area (Å²) in [6.07, 6.45) is 0. The Morgan fingerprint density at radius 1 is 1.31 bits per heavy atom. The van der Waals surface area contributed by atoms with E-state index in [0.717, 1.165) is 5.69 Å². The molecular weight excluding hydrogens is 194 g/mol. The SMILES string of the molecule is CNNc1ccc([N+](=O)[O-])cc1.Cl. The molecule has 0 atom stereocenters. The van der Waals surface area contributed by atoms with Gasteiger partial charge in [-0.3, -0.25) is 10.1 Å². The molecule has 1 aromatic carbocycles. The quantitative estimate of drug-likeness (QED) is 0.578. The van der Waals surface area contributed by atoms with Crippen LogP contribution in [0, 0.1) is 10.1 Å². The van der Waals surface area contributed by atoms with Crippen LogP contribution in [0.1, 0.15) is 0 Å². The molecule has 0 spiro atoms. The number of non-ortho nitro benzene ring substituents is 1. The van der Waals surface area contributed by atoms with Gasteiger partial charge in [0.25, 0.3) is 5.69 Å². The zero-order valence-electron chi connectivity index (χ0n) is 6.98. The highest BCUT2D eigenvalue weighted by Gasteiger charge is 2.02. The van der Waals surface area contributed by atoms with E-state index in [1.165, 1.54) is 12.1 Å². The lowest BCUT2D eigenvalue weighted by molar-refractivity contribution is -0.384. The number of hydrazine groups is 1. The van der Waals surface area contributed by atoms with Crippen LogP contribution in [0.25, 0.3) is 0 Å². The predicted molar refractivity (Wildman–Crippen MR) is 53.0 cm³/mol. The van der Waals surface area contributed by atoms with Crippen molar-refractivity contribution in [1.29, 1.82) is 0 Å². The van der Waals surface area contributed by atoms with Gasteiger partial charge in [-0.25, -0.2) is 5.43 Å². The van der Waals surface area contributed by atoms with E-state index < -0.39 is 4.92 Å². The first-order valence-corrected chi connectivity index (χ1v) is 3.41. The summed E-state index contributed by atoms with van der Waals surface area (Å²) in [6.45, 7) is 0. The highest BCUT2D eigenvalue weighted by Crippen LogP contribution is 2.14. The zero-order chi connectivity index (χ0) is 8.97. The van der Waals surface area contributed by atoms with Gasteiger partial charge in [0.15, 0.2) is 0 Å². The minimum absolute atomic E-state index is 0. The third-order valence-electron chi connectivity index (χ3n) is 1.35. The lowest BCUT2D eigenvalue weighted by Crippen LogP contribution is -2.14. The van der Waals surface area contributed by atoms with Gasteiger partial charge in [0.1, 0.15) is 0 Å². The van der Waals surface area contributed by atoms with Crippen LogP contribution >= 0.6 is 12.4 Å². The van der Waals surface area contributed by atoms with Crippen molar-refractivity contribution < 1.29 is 4.92 Å². The van der Waals surface area contributed by atoms with E-state index in [9.17, 15) is 10.1 Å². The number of benzene rings is 1. The molecule has 0 aliphatic carbocycles. The van der Waals surface area contributed by atoms with Crippen LogP contribution in [0.15, 0.2) is 24.3 Å². The average Bonchev–Trinajstić information content (AvgIpc) is 2.06. The molecule has 0 saturated carbocycles. The molecular formula is C7H10ClN3O2. The van der Waals surface area contributed by atoms with Gasteiger partial charge in [-0.1, -0.05) is 0 Å². The van der Waals surface area contributed by atoms with Crippen LogP contribution in [-0.2, 0) is 0 Å². The number of nitrogens with zero attached hydrogens (tertiary/aromatic N) is 1. The second kappa shape index (κ2) is 5.34. The molecule has 6 heteroatoms. The van der Waals surface area contributed by atoms with Gasteiger partial charge in [0.05, 0.1) is 4.92 Å². The molecule has 2 N–H and O–H groups in total. The van der Waals surface area contributed by atoms with Crippen molar-refractivity contribution in [2.45, 2.75) is 0 Å². The van der Waals surface area contributed by atoms with Crippen LogP contribution in [0.4, 0.5) is 11.4 Å². The number of hydrogen-bond donors (Lipinski definition) is 2. The maximum Gasteiger partial charge on any atom is 0.269 e. The molecule has 0 radical (unpaired) electrons. The third kappa shape index (κ3) is 3.27. The molecule has 0 heterocycles. The maximum absolute atomic E-state index is 10.2. The predicted octanol–water partition coefficient (Wildman–Crippen LogP) is 1.56. The number of nitrogens with one attached hydrogen (secondary N) is 2.